The summed E-state index contributed by atoms with van der Waals surface area (Å²) in [5.41, 5.74) is 0.848. The maximum atomic E-state index is 13.8. The van der Waals surface area contributed by atoms with Crippen molar-refractivity contribution in [2.45, 2.75) is 50.6 Å². The summed E-state index contributed by atoms with van der Waals surface area (Å²) in [6, 6.07) is 23.0. The van der Waals surface area contributed by atoms with Gasteiger partial charge in [0, 0.05) is 17.1 Å². The lowest BCUT2D eigenvalue weighted by atomic mass is 10.1. The van der Waals surface area contributed by atoms with E-state index >= 15 is 0 Å². The summed E-state index contributed by atoms with van der Waals surface area (Å²) in [5, 5.41) is 3.32. The summed E-state index contributed by atoms with van der Waals surface area (Å²) in [6.07, 6.45) is 0.509. The Bertz CT molecular complexity index is 1330. The molecule has 0 heterocycles. The summed E-state index contributed by atoms with van der Waals surface area (Å²) in [7, 11) is -4.11. The zero-order chi connectivity index (χ0) is 27.9. The van der Waals surface area contributed by atoms with Gasteiger partial charge in [-0.1, -0.05) is 60.1 Å². The van der Waals surface area contributed by atoms with Gasteiger partial charge >= 0.3 is 0 Å². The van der Waals surface area contributed by atoms with E-state index in [0.29, 0.717) is 17.1 Å². The van der Waals surface area contributed by atoms with Crippen LogP contribution in [0.4, 0.5) is 5.69 Å². The zero-order valence-corrected chi connectivity index (χ0v) is 23.7. The minimum absolute atomic E-state index is 0.00733. The number of sulfonamides is 1. The fraction of sp³-hybridized carbons (Fsp3) is 0.310. The number of benzene rings is 3. The first-order valence-corrected chi connectivity index (χ1v) is 14.2. The number of hydrogen-bond donors (Lipinski definition) is 1. The van der Waals surface area contributed by atoms with E-state index in [4.69, 9.17) is 11.6 Å². The lowest BCUT2D eigenvalue weighted by Gasteiger charge is -2.33. The first kappa shape index (κ1) is 29.2. The molecule has 7 nitrogen and oxygen atoms in total. The lowest BCUT2D eigenvalue weighted by Crippen LogP contribution is -2.55. The Balaban J connectivity index is 1.95. The molecule has 3 aromatic carbocycles. The molecule has 0 radical (unpaired) electrons. The molecule has 0 bridgehead atoms. The molecule has 0 fully saturated rings. The molecule has 0 aromatic heterocycles. The number of nitrogens with one attached hydrogen (secondary N) is 1. The molecular weight excluding hydrogens is 522 g/mol. The van der Waals surface area contributed by atoms with E-state index in [9.17, 15) is 18.0 Å². The lowest BCUT2D eigenvalue weighted by molar-refractivity contribution is -0.139. The van der Waals surface area contributed by atoms with Crippen LogP contribution >= 0.6 is 11.6 Å². The van der Waals surface area contributed by atoms with Crippen molar-refractivity contribution >= 4 is 39.1 Å². The number of hydrogen-bond acceptors (Lipinski definition) is 4. The highest BCUT2D eigenvalue weighted by atomic mass is 35.5. The molecule has 3 rings (SSSR count). The van der Waals surface area contributed by atoms with Crippen LogP contribution in [0.2, 0.25) is 5.02 Å². The third-order valence-electron chi connectivity index (χ3n) is 5.87. The van der Waals surface area contributed by atoms with Crippen molar-refractivity contribution in [3.8, 4) is 0 Å². The molecule has 0 spiro atoms. The van der Waals surface area contributed by atoms with Crippen molar-refractivity contribution in [2.75, 3.05) is 17.4 Å². The molecule has 38 heavy (non-hydrogen) atoms. The first-order valence-electron chi connectivity index (χ1n) is 12.4. The van der Waals surface area contributed by atoms with E-state index in [1.165, 1.54) is 29.2 Å². The van der Waals surface area contributed by atoms with Gasteiger partial charge in [0.15, 0.2) is 0 Å². The van der Waals surface area contributed by atoms with Crippen LogP contribution < -0.4 is 9.62 Å². The Morgan fingerprint density at radius 3 is 2.00 bits per heavy atom. The summed E-state index contributed by atoms with van der Waals surface area (Å²) in [4.78, 5) is 28.3. The molecule has 0 aliphatic rings. The number of nitrogens with zero attached hydrogens (tertiary/aromatic N) is 2. The van der Waals surface area contributed by atoms with Crippen LogP contribution in [0.15, 0.2) is 89.8 Å². The Kier molecular flexibility index (Phi) is 9.57. The SMILES string of the molecule is C[C@H](C(=O)NC(C)(C)C)N(CCc1ccccc1)C(=O)CN(c1ccccc1)S(=O)(=O)c1ccc(Cl)cc1. The van der Waals surface area contributed by atoms with Crippen LogP contribution in [-0.2, 0) is 26.0 Å². The van der Waals surface area contributed by atoms with Gasteiger partial charge in [0.2, 0.25) is 11.8 Å². The van der Waals surface area contributed by atoms with Gasteiger partial charge in [0.1, 0.15) is 12.6 Å². The van der Waals surface area contributed by atoms with Crippen molar-refractivity contribution in [2.24, 2.45) is 0 Å². The third-order valence-corrected chi connectivity index (χ3v) is 7.91. The number of carbonyl (C=O) groups excluding carboxylic acids is 2. The molecule has 202 valence electrons. The Morgan fingerprint density at radius 2 is 1.45 bits per heavy atom. The first-order chi connectivity index (χ1) is 17.9. The second-order valence-electron chi connectivity index (χ2n) is 10.0. The molecule has 0 saturated heterocycles. The Hall–Kier alpha value is -3.36. The fourth-order valence-corrected chi connectivity index (χ4v) is 5.44. The molecule has 1 N–H and O–H groups in total. The maximum Gasteiger partial charge on any atom is 0.264 e. The molecule has 0 aliphatic carbocycles. The smallest absolute Gasteiger partial charge is 0.264 e. The molecule has 0 aliphatic heterocycles. The molecular formula is C29H34ClN3O4S. The summed E-state index contributed by atoms with van der Waals surface area (Å²) in [5.74, 6) is -0.801. The third kappa shape index (κ3) is 7.82. The second-order valence-corrected chi connectivity index (χ2v) is 12.3. The number of rotatable bonds is 10. The summed E-state index contributed by atoms with van der Waals surface area (Å²) < 4.78 is 28.5. The summed E-state index contributed by atoms with van der Waals surface area (Å²) in [6.45, 7) is 7.02. The number of amides is 2. The van der Waals surface area contributed by atoms with Crippen molar-refractivity contribution in [3.05, 3.63) is 95.5 Å². The highest BCUT2D eigenvalue weighted by Crippen LogP contribution is 2.25. The van der Waals surface area contributed by atoms with E-state index in [1.807, 2.05) is 51.1 Å². The van der Waals surface area contributed by atoms with Crippen LogP contribution in [0.1, 0.15) is 33.3 Å². The monoisotopic (exact) mass is 555 g/mol. The van der Waals surface area contributed by atoms with Crippen molar-refractivity contribution in [3.63, 3.8) is 0 Å². The van der Waals surface area contributed by atoms with E-state index in [2.05, 4.69) is 5.32 Å². The summed E-state index contributed by atoms with van der Waals surface area (Å²) >= 11 is 5.97. The van der Waals surface area contributed by atoms with Gasteiger partial charge in [-0.3, -0.25) is 13.9 Å². The van der Waals surface area contributed by atoms with Crippen LogP contribution in [0, 0.1) is 0 Å². The van der Waals surface area contributed by atoms with E-state index < -0.39 is 34.1 Å². The predicted molar refractivity (Wildman–Crippen MR) is 152 cm³/mol. The van der Waals surface area contributed by atoms with Gasteiger partial charge in [-0.2, -0.15) is 0 Å². The van der Waals surface area contributed by atoms with E-state index in [-0.39, 0.29) is 17.3 Å². The Morgan fingerprint density at radius 1 is 0.895 bits per heavy atom. The average Bonchev–Trinajstić information content (AvgIpc) is 2.87. The van der Waals surface area contributed by atoms with Gasteiger partial charge in [-0.15, -0.1) is 0 Å². The highest BCUT2D eigenvalue weighted by molar-refractivity contribution is 7.92. The van der Waals surface area contributed by atoms with Gasteiger partial charge < -0.3 is 10.2 Å². The second kappa shape index (κ2) is 12.5. The minimum atomic E-state index is -4.11. The standard InChI is InChI=1S/C29H34ClN3O4S/c1-22(28(35)31-29(2,3)4)32(20-19-23-11-7-5-8-12-23)27(34)21-33(25-13-9-6-10-14-25)38(36,37)26-17-15-24(30)16-18-26/h5-18,22H,19-21H2,1-4H3,(H,31,35)/t22-/m1/s1. The van der Waals surface area contributed by atoms with Crippen LogP contribution in [0.3, 0.4) is 0 Å². The van der Waals surface area contributed by atoms with Crippen LogP contribution in [-0.4, -0.2) is 49.8 Å². The Labute approximate surface area is 230 Å². The number of halogens is 1. The average molecular weight is 556 g/mol. The number of para-hydroxylation sites is 1. The largest absolute Gasteiger partial charge is 0.350 e. The number of carbonyl (C=O) groups is 2. The van der Waals surface area contributed by atoms with Crippen molar-refractivity contribution in [1.82, 2.24) is 10.2 Å². The quantitative estimate of drug-likeness (QED) is 0.385. The molecule has 1 atom stereocenters. The van der Waals surface area contributed by atoms with Crippen molar-refractivity contribution < 1.29 is 18.0 Å². The van der Waals surface area contributed by atoms with Gasteiger partial charge in [-0.05, 0) is 76.1 Å². The van der Waals surface area contributed by atoms with Crippen molar-refractivity contribution in [1.29, 1.82) is 0 Å². The van der Waals surface area contributed by atoms with Gasteiger partial charge in [-0.25, -0.2) is 8.42 Å². The number of anilines is 1. The van der Waals surface area contributed by atoms with Gasteiger partial charge in [0.25, 0.3) is 10.0 Å². The minimum Gasteiger partial charge on any atom is -0.350 e. The van der Waals surface area contributed by atoms with E-state index in [0.717, 1.165) is 9.87 Å². The molecule has 3 aromatic rings. The van der Waals surface area contributed by atoms with Crippen LogP contribution in [0.25, 0.3) is 0 Å². The topological polar surface area (TPSA) is 86.8 Å². The zero-order valence-electron chi connectivity index (χ0n) is 22.1. The fourth-order valence-electron chi connectivity index (χ4n) is 3.90. The highest BCUT2D eigenvalue weighted by Gasteiger charge is 2.33. The van der Waals surface area contributed by atoms with Gasteiger partial charge in [0.05, 0.1) is 10.6 Å². The molecule has 0 unspecified atom stereocenters. The van der Waals surface area contributed by atoms with E-state index in [1.54, 1.807) is 37.3 Å². The molecule has 0 saturated carbocycles. The molecule has 9 heteroatoms. The molecule has 2 amide bonds. The maximum absolute atomic E-state index is 13.8. The normalized spacial score (nSPS) is 12.4. The predicted octanol–water partition coefficient (Wildman–Crippen LogP) is 4.91. The van der Waals surface area contributed by atoms with Crippen LogP contribution in [0.5, 0.6) is 0 Å².